The number of unbranched alkanes of at least 4 members (excludes halogenated alkanes) is 2. The minimum Gasteiger partial charge on any atom is -0.454 e. The van der Waals surface area contributed by atoms with Gasteiger partial charge in [0.15, 0.2) is 16.6 Å². The number of ether oxygens (including phenoxy) is 2. The molecule has 1 aromatic heterocycles. The van der Waals surface area contributed by atoms with Crippen LogP contribution in [0.15, 0.2) is 12.1 Å². The molecule has 8 heteroatoms. The van der Waals surface area contributed by atoms with Gasteiger partial charge in [-0.25, -0.2) is 9.78 Å². The van der Waals surface area contributed by atoms with Gasteiger partial charge < -0.3 is 14.8 Å². The molecule has 2 aromatic rings. The number of hydrogen-bond donors (Lipinski definition) is 1. The van der Waals surface area contributed by atoms with Crippen molar-refractivity contribution in [3.63, 3.8) is 0 Å². The minimum atomic E-state index is -0.0289. The molecule has 0 saturated carbocycles. The lowest BCUT2D eigenvalue weighted by molar-refractivity contribution is 0.128. The van der Waals surface area contributed by atoms with Gasteiger partial charge in [-0.2, -0.15) is 0 Å². The summed E-state index contributed by atoms with van der Waals surface area (Å²) in [6.45, 7) is 6.72. The fourth-order valence-electron chi connectivity index (χ4n) is 5.05. The van der Waals surface area contributed by atoms with Gasteiger partial charge in [-0.05, 0) is 31.4 Å². The number of amides is 2. The molecule has 30 heavy (non-hydrogen) atoms. The topological polar surface area (TPSA) is 66.9 Å². The first-order chi connectivity index (χ1) is 14.7. The van der Waals surface area contributed by atoms with E-state index >= 15 is 0 Å². The Bertz CT molecular complexity index is 932. The molecule has 1 unspecified atom stereocenters. The molecule has 1 aromatic carbocycles. The highest BCUT2D eigenvalue weighted by atomic mass is 32.1. The van der Waals surface area contributed by atoms with Crippen LogP contribution in [0.2, 0.25) is 0 Å². The van der Waals surface area contributed by atoms with Crippen LogP contribution in [0.25, 0.3) is 10.2 Å². The molecule has 4 heterocycles. The second-order valence-corrected chi connectivity index (χ2v) is 9.49. The lowest BCUT2D eigenvalue weighted by Crippen LogP contribution is -2.54. The summed E-state index contributed by atoms with van der Waals surface area (Å²) in [4.78, 5) is 22.2. The molecule has 3 aliphatic heterocycles. The highest BCUT2D eigenvalue weighted by Gasteiger charge is 2.45. The van der Waals surface area contributed by atoms with E-state index in [1.54, 1.807) is 11.3 Å². The molecule has 3 aliphatic rings. The molecule has 0 aliphatic carbocycles. The summed E-state index contributed by atoms with van der Waals surface area (Å²) in [5, 5.41) is 3.95. The standard InChI is InChI=1S/C22H30N4O3S/c1-3-5-6-7-14(4-2)25-11-10-15-16(12-25)26(21(27)23-15)22-24-19-18(30-22)9-8-17-20(19)29-13-28-17/h8-9,14-16H,3-7,10-13H2,1-2H3,(H,23,27)/t14?,15-,16+/m0/s1. The van der Waals surface area contributed by atoms with Crippen molar-refractivity contribution in [2.75, 3.05) is 24.8 Å². The average molecular weight is 431 g/mol. The Hall–Kier alpha value is -2.06. The maximum Gasteiger partial charge on any atom is 0.324 e. The van der Waals surface area contributed by atoms with Crippen LogP contribution >= 0.6 is 11.3 Å². The largest absolute Gasteiger partial charge is 0.454 e. The number of likely N-dealkylation sites (tertiary alicyclic amines) is 1. The number of urea groups is 1. The second-order valence-electron chi connectivity index (χ2n) is 8.48. The second kappa shape index (κ2) is 8.23. The van der Waals surface area contributed by atoms with Crippen LogP contribution in [-0.4, -0.2) is 53.9 Å². The van der Waals surface area contributed by atoms with Gasteiger partial charge in [-0.15, -0.1) is 0 Å². The summed E-state index contributed by atoms with van der Waals surface area (Å²) < 4.78 is 12.1. The van der Waals surface area contributed by atoms with Crippen molar-refractivity contribution in [3.8, 4) is 11.5 Å². The van der Waals surface area contributed by atoms with E-state index in [1.807, 2.05) is 17.0 Å². The van der Waals surface area contributed by atoms with Gasteiger partial charge >= 0.3 is 6.03 Å². The Morgan fingerprint density at radius 3 is 3.03 bits per heavy atom. The van der Waals surface area contributed by atoms with E-state index in [0.717, 1.165) is 47.0 Å². The SMILES string of the molecule is CCCCCC(CC)N1CC[C@@H]2NC(=O)N(c3nc4c5c(ccc4s3)OCO5)[C@@H]2C1. The van der Waals surface area contributed by atoms with Crippen LogP contribution in [0.1, 0.15) is 52.4 Å². The first kappa shape index (κ1) is 19.9. The van der Waals surface area contributed by atoms with Gasteiger partial charge in [0.2, 0.25) is 6.79 Å². The molecule has 2 saturated heterocycles. The minimum absolute atomic E-state index is 0.0289. The number of aromatic nitrogens is 1. The lowest BCUT2D eigenvalue weighted by Gasteiger charge is -2.40. The van der Waals surface area contributed by atoms with Gasteiger partial charge in [0.1, 0.15) is 5.52 Å². The smallest absolute Gasteiger partial charge is 0.324 e. The Morgan fingerprint density at radius 2 is 2.20 bits per heavy atom. The van der Waals surface area contributed by atoms with Gasteiger partial charge in [-0.1, -0.05) is 44.4 Å². The molecule has 2 amide bonds. The van der Waals surface area contributed by atoms with Crippen LogP contribution in [-0.2, 0) is 0 Å². The van der Waals surface area contributed by atoms with Crippen molar-refractivity contribution in [2.24, 2.45) is 0 Å². The first-order valence-electron chi connectivity index (χ1n) is 11.2. The number of carbonyl (C=O) groups excluding carboxylic acids is 1. The van der Waals surface area contributed by atoms with Crippen molar-refractivity contribution in [2.45, 2.75) is 70.5 Å². The van der Waals surface area contributed by atoms with Crippen molar-refractivity contribution in [1.82, 2.24) is 15.2 Å². The van der Waals surface area contributed by atoms with E-state index in [-0.39, 0.29) is 24.9 Å². The zero-order valence-corrected chi connectivity index (χ0v) is 18.5. The molecule has 7 nitrogen and oxygen atoms in total. The van der Waals surface area contributed by atoms with Crippen molar-refractivity contribution < 1.29 is 14.3 Å². The third-order valence-electron chi connectivity index (χ3n) is 6.69. The van der Waals surface area contributed by atoms with Crippen molar-refractivity contribution in [3.05, 3.63) is 12.1 Å². The number of benzene rings is 1. The number of thiazole rings is 1. The molecule has 5 rings (SSSR count). The third kappa shape index (κ3) is 3.39. The average Bonchev–Trinajstić information content (AvgIpc) is 3.45. The molecule has 1 N–H and O–H groups in total. The molecular formula is C22H30N4O3S. The molecular weight excluding hydrogens is 400 g/mol. The van der Waals surface area contributed by atoms with Crippen molar-refractivity contribution >= 4 is 32.7 Å². The quantitative estimate of drug-likeness (QED) is 0.661. The summed E-state index contributed by atoms with van der Waals surface area (Å²) >= 11 is 1.55. The van der Waals surface area contributed by atoms with Crippen LogP contribution in [0.3, 0.4) is 0 Å². The van der Waals surface area contributed by atoms with E-state index in [2.05, 4.69) is 24.1 Å². The molecule has 2 fully saturated rings. The Kier molecular flexibility index (Phi) is 5.45. The number of anilines is 1. The number of fused-ring (bicyclic) bond motifs is 4. The summed E-state index contributed by atoms with van der Waals surface area (Å²) in [5.74, 6) is 1.42. The zero-order chi connectivity index (χ0) is 20.7. The number of nitrogens with one attached hydrogen (secondary N) is 1. The predicted octanol–water partition coefficient (Wildman–Crippen LogP) is 4.36. The zero-order valence-electron chi connectivity index (χ0n) is 17.7. The highest BCUT2D eigenvalue weighted by Crippen LogP contribution is 2.43. The Balaban J connectivity index is 1.39. The Labute approximate surface area is 181 Å². The summed E-state index contributed by atoms with van der Waals surface area (Å²) in [6.07, 6.45) is 7.23. The maximum absolute atomic E-state index is 12.9. The fourth-order valence-corrected chi connectivity index (χ4v) is 6.07. The van der Waals surface area contributed by atoms with Crippen LogP contribution < -0.4 is 19.7 Å². The van der Waals surface area contributed by atoms with Crippen LogP contribution in [0, 0.1) is 0 Å². The van der Waals surface area contributed by atoms with E-state index in [9.17, 15) is 4.79 Å². The molecule has 0 radical (unpaired) electrons. The summed E-state index contributed by atoms with van der Waals surface area (Å²) in [7, 11) is 0. The molecule has 0 spiro atoms. The van der Waals surface area contributed by atoms with Crippen LogP contribution in [0.4, 0.5) is 9.93 Å². The van der Waals surface area contributed by atoms with Gasteiger partial charge in [0, 0.05) is 19.1 Å². The summed E-state index contributed by atoms with van der Waals surface area (Å²) in [5.41, 5.74) is 0.792. The third-order valence-corrected chi connectivity index (χ3v) is 7.71. The molecule has 162 valence electrons. The number of rotatable bonds is 7. The number of hydrogen-bond acceptors (Lipinski definition) is 6. The maximum atomic E-state index is 12.9. The monoisotopic (exact) mass is 430 g/mol. The predicted molar refractivity (Wildman–Crippen MR) is 119 cm³/mol. The van der Waals surface area contributed by atoms with Crippen molar-refractivity contribution in [1.29, 1.82) is 0 Å². The van der Waals surface area contributed by atoms with Gasteiger partial charge in [0.05, 0.1) is 16.8 Å². The van der Waals surface area contributed by atoms with E-state index in [0.29, 0.717) is 11.8 Å². The highest BCUT2D eigenvalue weighted by molar-refractivity contribution is 7.22. The normalized spacial score (nSPS) is 24.3. The van der Waals surface area contributed by atoms with Gasteiger partial charge in [0.25, 0.3) is 0 Å². The molecule has 0 bridgehead atoms. The van der Waals surface area contributed by atoms with Crippen LogP contribution in [0.5, 0.6) is 11.5 Å². The first-order valence-corrected chi connectivity index (χ1v) is 12.0. The molecule has 3 atom stereocenters. The van der Waals surface area contributed by atoms with E-state index < -0.39 is 0 Å². The number of nitrogens with zero attached hydrogens (tertiary/aromatic N) is 3. The summed E-state index contributed by atoms with van der Waals surface area (Å²) in [6, 6.07) is 4.81. The van der Waals surface area contributed by atoms with E-state index in [4.69, 9.17) is 14.5 Å². The fraction of sp³-hybridized carbons (Fsp3) is 0.636. The van der Waals surface area contributed by atoms with Gasteiger partial charge in [-0.3, -0.25) is 9.80 Å². The number of piperidine rings is 1. The lowest BCUT2D eigenvalue weighted by atomic mass is 9.96. The number of carbonyl (C=O) groups is 1. The Morgan fingerprint density at radius 1 is 1.30 bits per heavy atom. The van der Waals surface area contributed by atoms with E-state index in [1.165, 1.54) is 25.7 Å².